The molecule has 114 valence electrons. The van der Waals surface area contributed by atoms with Crippen molar-refractivity contribution in [1.82, 2.24) is 4.98 Å². The van der Waals surface area contributed by atoms with Crippen LogP contribution in [0.4, 0.5) is 5.69 Å². The van der Waals surface area contributed by atoms with Crippen molar-refractivity contribution in [2.75, 3.05) is 12.4 Å². The fourth-order valence-electron chi connectivity index (χ4n) is 1.85. The van der Waals surface area contributed by atoms with E-state index in [0.717, 1.165) is 0 Å². The number of Topliss-reactive ketones (excluding diaryl/α,β-unsaturated/α-hetero) is 1. The maximum Gasteiger partial charge on any atom is 0.224 e. The number of ketones is 1. The molecule has 1 aromatic heterocycles. The summed E-state index contributed by atoms with van der Waals surface area (Å²) in [5.41, 5.74) is 0.985. The number of nitrogens with zero attached hydrogens (tertiary/aromatic N) is 1. The average molecular weight is 319 g/mol. The molecule has 0 saturated carbocycles. The molecule has 1 amide bonds. The van der Waals surface area contributed by atoms with Crippen molar-refractivity contribution in [1.29, 1.82) is 0 Å². The van der Waals surface area contributed by atoms with Gasteiger partial charge in [0.05, 0.1) is 24.0 Å². The van der Waals surface area contributed by atoms with Gasteiger partial charge in [-0.15, -0.1) is 0 Å². The number of hydrogen-bond donors (Lipinski definition) is 1. The van der Waals surface area contributed by atoms with Crippen LogP contribution in [0.5, 0.6) is 5.88 Å². The first-order chi connectivity index (χ1) is 10.6. The van der Waals surface area contributed by atoms with Crippen LogP contribution in [0.1, 0.15) is 23.2 Å². The summed E-state index contributed by atoms with van der Waals surface area (Å²) in [5.74, 6) is 0.0490. The number of anilines is 1. The first kappa shape index (κ1) is 16.0. The summed E-state index contributed by atoms with van der Waals surface area (Å²) in [7, 11) is 1.51. The van der Waals surface area contributed by atoms with Crippen LogP contribution in [0.25, 0.3) is 0 Å². The van der Waals surface area contributed by atoms with Crippen LogP contribution < -0.4 is 10.1 Å². The average Bonchev–Trinajstić information content (AvgIpc) is 2.54. The van der Waals surface area contributed by atoms with E-state index in [2.05, 4.69) is 10.3 Å². The molecule has 0 aliphatic heterocycles. The number of carbonyl (C=O) groups is 2. The van der Waals surface area contributed by atoms with Crippen molar-refractivity contribution in [2.24, 2.45) is 0 Å². The van der Waals surface area contributed by atoms with E-state index in [0.29, 0.717) is 22.2 Å². The van der Waals surface area contributed by atoms with Crippen molar-refractivity contribution in [2.45, 2.75) is 12.8 Å². The summed E-state index contributed by atoms with van der Waals surface area (Å²) in [5, 5.41) is 3.07. The van der Waals surface area contributed by atoms with E-state index < -0.39 is 0 Å². The number of amides is 1. The summed E-state index contributed by atoms with van der Waals surface area (Å²) < 4.78 is 4.93. The van der Waals surface area contributed by atoms with Gasteiger partial charge in [-0.3, -0.25) is 9.59 Å². The topological polar surface area (TPSA) is 68.3 Å². The van der Waals surface area contributed by atoms with Crippen molar-refractivity contribution in [3.63, 3.8) is 0 Å². The first-order valence-corrected chi connectivity index (χ1v) is 7.05. The molecular weight excluding hydrogens is 304 g/mol. The van der Waals surface area contributed by atoms with Crippen LogP contribution in [-0.4, -0.2) is 23.8 Å². The molecule has 2 rings (SSSR count). The van der Waals surface area contributed by atoms with Crippen LogP contribution in [0, 0.1) is 0 Å². The number of methoxy groups -OCH3 is 1. The summed E-state index contributed by atoms with van der Waals surface area (Å²) in [6.07, 6.45) is 1.67. The number of carbonyl (C=O) groups excluding carboxylic acids is 2. The standard InChI is InChI=1S/C16H15ClN2O3/c1-22-16-9-6-11(10-18-16)19-15(21)8-7-14(20)12-4-2-3-5-13(12)17/h2-6,9-10H,7-8H2,1H3,(H,19,21). The molecule has 0 saturated heterocycles. The number of aromatic nitrogens is 1. The van der Waals surface area contributed by atoms with Gasteiger partial charge in [-0.25, -0.2) is 4.98 Å². The second-order valence-corrected chi connectivity index (χ2v) is 4.95. The third-order valence-electron chi connectivity index (χ3n) is 2.98. The SMILES string of the molecule is COc1ccc(NC(=O)CCC(=O)c2ccccc2Cl)cn1. The summed E-state index contributed by atoms with van der Waals surface area (Å²) >= 11 is 5.95. The lowest BCUT2D eigenvalue weighted by molar-refractivity contribution is -0.116. The Hall–Kier alpha value is -2.40. The Morgan fingerprint density at radius 2 is 1.95 bits per heavy atom. The van der Waals surface area contributed by atoms with E-state index >= 15 is 0 Å². The lowest BCUT2D eigenvalue weighted by atomic mass is 10.1. The first-order valence-electron chi connectivity index (χ1n) is 6.68. The Balaban J connectivity index is 1.87. The highest BCUT2D eigenvalue weighted by molar-refractivity contribution is 6.34. The maximum absolute atomic E-state index is 12.0. The molecule has 0 aliphatic carbocycles. The Morgan fingerprint density at radius 1 is 1.18 bits per heavy atom. The van der Waals surface area contributed by atoms with Gasteiger partial charge in [0, 0.05) is 24.5 Å². The molecule has 5 nitrogen and oxygen atoms in total. The lowest BCUT2D eigenvalue weighted by Crippen LogP contribution is -2.13. The molecule has 0 radical (unpaired) electrons. The summed E-state index contributed by atoms with van der Waals surface area (Å²) in [4.78, 5) is 27.8. The number of halogens is 1. The van der Waals surface area contributed by atoms with Crippen molar-refractivity contribution in [3.8, 4) is 5.88 Å². The number of pyridine rings is 1. The Bertz CT molecular complexity index is 671. The van der Waals surface area contributed by atoms with E-state index in [4.69, 9.17) is 16.3 Å². The van der Waals surface area contributed by atoms with Gasteiger partial charge in [-0.2, -0.15) is 0 Å². The van der Waals surface area contributed by atoms with Crippen LogP contribution in [-0.2, 0) is 4.79 Å². The second kappa shape index (κ2) is 7.56. The van der Waals surface area contributed by atoms with Crippen LogP contribution in [0.2, 0.25) is 5.02 Å². The number of hydrogen-bond acceptors (Lipinski definition) is 4. The minimum atomic E-state index is -0.257. The van der Waals surface area contributed by atoms with Crippen LogP contribution in [0.15, 0.2) is 42.6 Å². The minimum absolute atomic E-state index is 0.0795. The number of benzene rings is 1. The Morgan fingerprint density at radius 3 is 2.59 bits per heavy atom. The predicted molar refractivity (Wildman–Crippen MR) is 84.4 cm³/mol. The summed E-state index contributed by atoms with van der Waals surface area (Å²) in [6.45, 7) is 0. The Labute approximate surface area is 133 Å². The Kier molecular flexibility index (Phi) is 5.49. The van der Waals surface area contributed by atoms with E-state index in [1.807, 2.05) is 0 Å². The van der Waals surface area contributed by atoms with Gasteiger partial charge in [-0.05, 0) is 18.2 Å². The van der Waals surface area contributed by atoms with Gasteiger partial charge in [0.2, 0.25) is 11.8 Å². The van der Waals surface area contributed by atoms with Crippen molar-refractivity contribution < 1.29 is 14.3 Å². The highest BCUT2D eigenvalue weighted by atomic mass is 35.5. The summed E-state index contributed by atoms with van der Waals surface area (Å²) in [6, 6.07) is 10.1. The normalized spacial score (nSPS) is 10.1. The van der Waals surface area contributed by atoms with E-state index in [1.54, 1.807) is 36.4 Å². The smallest absolute Gasteiger partial charge is 0.224 e. The monoisotopic (exact) mass is 318 g/mol. The number of ether oxygens (including phenoxy) is 1. The van der Waals surface area contributed by atoms with Crippen LogP contribution >= 0.6 is 11.6 Å². The molecule has 6 heteroatoms. The fourth-order valence-corrected chi connectivity index (χ4v) is 2.09. The molecular formula is C16H15ClN2O3. The predicted octanol–water partition coefficient (Wildman–Crippen LogP) is 3.35. The van der Waals surface area contributed by atoms with Gasteiger partial charge < -0.3 is 10.1 Å². The zero-order valence-corrected chi connectivity index (χ0v) is 12.8. The van der Waals surface area contributed by atoms with Crippen molar-refractivity contribution in [3.05, 3.63) is 53.2 Å². The molecule has 0 fully saturated rings. The molecule has 2 aromatic rings. The quantitative estimate of drug-likeness (QED) is 0.829. The van der Waals surface area contributed by atoms with Crippen molar-refractivity contribution >= 4 is 29.0 Å². The molecule has 0 unspecified atom stereocenters. The number of nitrogens with one attached hydrogen (secondary N) is 1. The molecule has 1 N–H and O–H groups in total. The lowest BCUT2D eigenvalue weighted by Gasteiger charge is -2.06. The third-order valence-corrected chi connectivity index (χ3v) is 3.31. The largest absolute Gasteiger partial charge is 0.481 e. The van der Waals surface area contributed by atoms with Gasteiger partial charge in [-0.1, -0.05) is 23.7 Å². The molecule has 0 spiro atoms. The van der Waals surface area contributed by atoms with E-state index in [9.17, 15) is 9.59 Å². The van der Waals surface area contributed by atoms with Gasteiger partial charge in [0.1, 0.15) is 0 Å². The molecule has 1 heterocycles. The molecule has 22 heavy (non-hydrogen) atoms. The number of rotatable bonds is 6. The molecule has 0 bridgehead atoms. The zero-order chi connectivity index (χ0) is 15.9. The van der Waals surface area contributed by atoms with Gasteiger partial charge >= 0.3 is 0 Å². The van der Waals surface area contributed by atoms with E-state index in [-0.39, 0.29) is 24.5 Å². The minimum Gasteiger partial charge on any atom is -0.481 e. The van der Waals surface area contributed by atoms with Gasteiger partial charge in [0.15, 0.2) is 5.78 Å². The molecule has 0 aliphatic rings. The molecule has 1 aromatic carbocycles. The zero-order valence-electron chi connectivity index (χ0n) is 12.0. The van der Waals surface area contributed by atoms with Crippen LogP contribution in [0.3, 0.4) is 0 Å². The fraction of sp³-hybridized carbons (Fsp3) is 0.188. The third kappa shape index (κ3) is 4.30. The molecule has 0 atom stereocenters. The van der Waals surface area contributed by atoms with Gasteiger partial charge in [0.25, 0.3) is 0 Å². The highest BCUT2D eigenvalue weighted by Gasteiger charge is 2.12. The maximum atomic E-state index is 12.0. The second-order valence-electron chi connectivity index (χ2n) is 4.54. The highest BCUT2D eigenvalue weighted by Crippen LogP contribution is 2.18. The van der Waals surface area contributed by atoms with E-state index in [1.165, 1.54) is 13.3 Å².